The van der Waals surface area contributed by atoms with Crippen molar-refractivity contribution in [3.05, 3.63) is 77.4 Å². The lowest BCUT2D eigenvalue weighted by Crippen LogP contribution is -2.29. The monoisotopic (exact) mass is 460 g/mol. The van der Waals surface area contributed by atoms with E-state index in [1.54, 1.807) is 7.11 Å². The number of rotatable bonds is 5. The minimum absolute atomic E-state index is 0.00282. The average Bonchev–Trinajstić information content (AvgIpc) is 3.35. The van der Waals surface area contributed by atoms with Crippen molar-refractivity contribution < 1.29 is 4.74 Å². The molecular formula is C27H32N4OS. The molecule has 1 saturated heterocycles. The summed E-state index contributed by atoms with van der Waals surface area (Å²) in [6, 6.07) is 17.2. The highest BCUT2D eigenvalue weighted by molar-refractivity contribution is 7.80. The SMILES string of the molecule is COc1cccc(N2C(=S)NC(c3ccccn3)C2c2cc(C)n(C3CCCCC3)c2C)c1. The standard InChI is InChI=1S/C27H32N4OS/c1-18-16-23(19(2)30(18)20-10-5-4-6-11-20)26-25(24-14-7-8-15-28-24)29-27(33)31(26)21-12-9-13-22(17-21)32-3/h7-9,12-17,20,25-26H,4-6,10-11H2,1-3H3,(H,29,33). The summed E-state index contributed by atoms with van der Waals surface area (Å²) in [5.74, 6) is 0.822. The minimum atomic E-state index is -0.0368. The van der Waals surface area contributed by atoms with Crippen LogP contribution in [0.4, 0.5) is 5.69 Å². The molecule has 172 valence electrons. The molecule has 0 bridgehead atoms. The van der Waals surface area contributed by atoms with Gasteiger partial charge in [-0.15, -0.1) is 0 Å². The van der Waals surface area contributed by atoms with Gasteiger partial charge >= 0.3 is 0 Å². The first-order valence-corrected chi connectivity index (χ1v) is 12.3. The fraction of sp³-hybridized carbons (Fsp3) is 0.407. The Kier molecular flexibility index (Phi) is 6.11. The van der Waals surface area contributed by atoms with Gasteiger partial charge in [-0.1, -0.05) is 31.4 Å². The number of aryl methyl sites for hydroxylation is 1. The largest absolute Gasteiger partial charge is 0.497 e. The molecule has 2 atom stereocenters. The van der Waals surface area contributed by atoms with Crippen LogP contribution in [0, 0.1) is 13.8 Å². The normalized spacial score (nSPS) is 21.3. The molecule has 0 radical (unpaired) electrons. The van der Waals surface area contributed by atoms with Gasteiger partial charge in [-0.2, -0.15) is 0 Å². The quantitative estimate of drug-likeness (QED) is 0.460. The third-order valence-electron chi connectivity index (χ3n) is 7.21. The van der Waals surface area contributed by atoms with E-state index >= 15 is 0 Å². The van der Waals surface area contributed by atoms with Gasteiger partial charge < -0.3 is 19.5 Å². The van der Waals surface area contributed by atoms with Gasteiger partial charge in [-0.25, -0.2) is 0 Å². The topological polar surface area (TPSA) is 42.3 Å². The summed E-state index contributed by atoms with van der Waals surface area (Å²) in [5.41, 5.74) is 6.00. The van der Waals surface area contributed by atoms with Gasteiger partial charge in [0.2, 0.25) is 0 Å². The van der Waals surface area contributed by atoms with Crippen LogP contribution in [0.2, 0.25) is 0 Å². The molecule has 3 aromatic rings. The van der Waals surface area contributed by atoms with Crippen LogP contribution in [0.3, 0.4) is 0 Å². The van der Waals surface area contributed by atoms with Crippen molar-refractivity contribution in [1.29, 1.82) is 0 Å². The zero-order valence-electron chi connectivity index (χ0n) is 19.6. The molecule has 1 N–H and O–H groups in total. The Balaban J connectivity index is 1.63. The van der Waals surface area contributed by atoms with Crippen LogP contribution in [-0.4, -0.2) is 21.8 Å². The Hall–Kier alpha value is -2.86. The number of thiocarbonyl (C=S) groups is 1. The molecular weight excluding hydrogens is 428 g/mol. The number of anilines is 1. The second-order valence-corrected chi connectivity index (χ2v) is 9.57. The molecule has 5 nitrogen and oxygen atoms in total. The molecule has 1 aliphatic heterocycles. The molecule has 5 rings (SSSR count). The summed E-state index contributed by atoms with van der Waals surface area (Å²) in [6.07, 6.45) is 8.38. The fourth-order valence-electron chi connectivity index (χ4n) is 5.71. The van der Waals surface area contributed by atoms with Crippen molar-refractivity contribution in [2.45, 2.75) is 64.1 Å². The number of hydrogen-bond donors (Lipinski definition) is 1. The first-order chi connectivity index (χ1) is 16.1. The average molecular weight is 461 g/mol. The third kappa shape index (κ3) is 4.01. The van der Waals surface area contributed by atoms with Gasteiger partial charge in [0, 0.05) is 35.4 Å². The van der Waals surface area contributed by atoms with Crippen LogP contribution in [0.5, 0.6) is 5.75 Å². The van der Waals surface area contributed by atoms with Gasteiger partial charge in [0.1, 0.15) is 5.75 Å². The van der Waals surface area contributed by atoms with E-state index in [9.17, 15) is 0 Å². The van der Waals surface area contributed by atoms with Crippen molar-refractivity contribution >= 4 is 23.0 Å². The molecule has 2 unspecified atom stereocenters. The highest BCUT2D eigenvalue weighted by atomic mass is 32.1. The number of pyridine rings is 1. The molecule has 0 amide bonds. The molecule has 1 aliphatic carbocycles. The fourth-order valence-corrected chi connectivity index (χ4v) is 6.06. The summed E-state index contributed by atoms with van der Waals surface area (Å²) >= 11 is 5.90. The van der Waals surface area contributed by atoms with Gasteiger partial charge in [0.25, 0.3) is 0 Å². The first kappa shape index (κ1) is 22.0. The van der Waals surface area contributed by atoms with Crippen LogP contribution in [0.1, 0.15) is 72.9 Å². The Morgan fingerprint density at radius 3 is 2.58 bits per heavy atom. The number of aromatic nitrogens is 2. The number of nitrogens with zero attached hydrogens (tertiary/aromatic N) is 3. The van der Waals surface area contributed by atoms with E-state index in [0.29, 0.717) is 11.2 Å². The lowest BCUT2D eigenvalue weighted by Gasteiger charge is -2.30. The predicted octanol–water partition coefficient (Wildman–Crippen LogP) is 6.19. The summed E-state index contributed by atoms with van der Waals surface area (Å²) in [4.78, 5) is 6.94. The smallest absolute Gasteiger partial charge is 0.174 e. The minimum Gasteiger partial charge on any atom is -0.497 e. The van der Waals surface area contributed by atoms with Crippen LogP contribution < -0.4 is 15.0 Å². The van der Waals surface area contributed by atoms with Gasteiger partial charge in [-0.3, -0.25) is 4.98 Å². The van der Waals surface area contributed by atoms with E-state index in [2.05, 4.69) is 52.9 Å². The number of hydrogen-bond acceptors (Lipinski definition) is 3. The summed E-state index contributed by atoms with van der Waals surface area (Å²) in [6.45, 7) is 4.52. The summed E-state index contributed by atoms with van der Waals surface area (Å²) < 4.78 is 8.10. The van der Waals surface area contributed by atoms with Crippen molar-refractivity contribution in [3.8, 4) is 5.75 Å². The second-order valence-electron chi connectivity index (χ2n) is 9.19. The molecule has 2 aromatic heterocycles. The molecule has 6 heteroatoms. The van der Waals surface area contributed by atoms with Gasteiger partial charge in [0.05, 0.1) is 24.9 Å². The van der Waals surface area contributed by atoms with E-state index in [0.717, 1.165) is 17.1 Å². The summed E-state index contributed by atoms with van der Waals surface area (Å²) in [7, 11) is 1.70. The van der Waals surface area contributed by atoms with E-state index in [-0.39, 0.29) is 12.1 Å². The molecule has 2 aliphatic rings. The van der Waals surface area contributed by atoms with Crippen LogP contribution >= 0.6 is 12.2 Å². The molecule has 0 spiro atoms. The molecule has 3 heterocycles. The van der Waals surface area contributed by atoms with E-state index < -0.39 is 0 Å². The van der Waals surface area contributed by atoms with E-state index in [1.165, 1.54) is 49.1 Å². The zero-order chi connectivity index (χ0) is 22.9. The molecule has 1 saturated carbocycles. The molecule has 1 aromatic carbocycles. The van der Waals surface area contributed by atoms with Crippen LogP contribution in [-0.2, 0) is 0 Å². The van der Waals surface area contributed by atoms with E-state index in [4.69, 9.17) is 21.9 Å². The zero-order valence-corrected chi connectivity index (χ0v) is 20.4. The molecule has 33 heavy (non-hydrogen) atoms. The van der Waals surface area contributed by atoms with Gasteiger partial charge in [-0.05, 0) is 74.8 Å². The third-order valence-corrected chi connectivity index (χ3v) is 7.53. The number of methoxy groups -OCH3 is 1. The van der Waals surface area contributed by atoms with Gasteiger partial charge in [0.15, 0.2) is 5.11 Å². The molecule has 2 fully saturated rings. The van der Waals surface area contributed by atoms with Crippen LogP contribution in [0.25, 0.3) is 0 Å². The Morgan fingerprint density at radius 1 is 1.03 bits per heavy atom. The highest BCUT2D eigenvalue weighted by Gasteiger charge is 2.42. The predicted molar refractivity (Wildman–Crippen MR) is 137 cm³/mol. The number of nitrogens with one attached hydrogen (secondary N) is 1. The van der Waals surface area contributed by atoms with Crippen molar-refractivity contribution in [1.82, 2.24) is 14.9 Å². The number of benzene rings is 1. The maximum atomic E-state index is 5.90. The lowest BCUT2D eigenvalue weighted by molar-refractivity contribution is 0.345. The Labute approximate surface area is 201 Å². The first-order valence-electron chi connectivity index (χ1n) is 11.9. The summed E-state index contributed by atoms with van der Waals surface area (Å²) in [5, 5.41) is 4.30. The Bertz CT molecular complexity index is 1140. The lowest BCUT2D eigenvalue weighted by atomic mass is 9.94. The van der Waals surface area contributed by atoms with Crippen molar-refractivity contribution in [3.63, 3.8) is 0 Å². The van der Waals surface area contributed by atoms with E-state index in [1.807, 2.05) is 30.5 Å². The highest BCUT2D eigenvalue weighted by Crippen LogP contribution is 2.45. The number of ether oxygens (including phenoxy) is 1. The van der Waals surface area contributed by atoms with Crippen molar-refractivity contribution in [2.75, 3.05) is 12.0 Å². The second kappa shape index (κ2) is 9.18. The maximum Gasteiger partial charge on any atom is 0.174 e. The van der Waals surface area contributed by atoms with Crippen molar-refractivity contribution in [2.24, 2.45) is 0 Å². The maximum absolute atomic E-state index is 5.90. The van der Waals surface area contributed by atoms with Crippen LogP contribution in [0.15, 0.2) is 54.7 Å². The Morgan fingerprint density at radius 2 is 1.85 bits per heavy atom.